The molecule has 9 nitrogen and oxygen atoms in total. The summed E-state index contributed by atoms with van der Waals surface area (Å²) in [5, 5.41) is 6.70. The summed E-state index contributed by atoms with van der Waals surface area (Å²) in [5.74, 6) is 1.22. The lowest BCUT2D eigenvalue weighted by molar-refractivity contribution is -0.114. The number of nitrogens with one attached hydrogen (secondary N) is 1. The molecule has 4 rings (SSSR count). The summed E-state index contributed by atoms with van der Waals surface area (Å²) in [5.41, 5.74) is 1.34. The molecule has 1 atom stereocenters. The van der Waals surface area contributed by atoms with Crippen molar-refractivity contribution < 1.29 is 22.5 Å². The number of hydrogen-bond donors (Lipinski definition) is 1. The van der Waals surface area contributed by atoms with Crippen LogP contribution in [0.5, 0.6) is 5.75 Å². The van der Waals surface area contributed by atoms with Gasteiger partial charge in [-0.3, -0.25) is 4.79 Å². The molecule has 0 radical (unpaired) electrons. The zero-order valence-corrected chi connectivity index (χ0v) is 18.6. The fraction of sp³-hybridized carbons (Fsp3) is 0.318. The summed E-state index contributed by atoms with van der Waals surface area (Å²) in [6.45, 7) is 2.09. The Bertz CT molecular complexity index is 1190. The van der Waals surface area contributed by atoms with E-state index in [9.17, 15) is 13.2 Å². The lowest BCUT2D eigenvalue weighted by atomic mass is 10.00. The van der Waals surface area contributed by atoms with Gasteiger partial charge in [0, 0.05) is 31.3 Å². The molecule has 2 heterocycles. The minimum atomic E-state index is -3.68. The van der Waals surface area contributed by atoms with Crippen LogP contribution in [0.25, 0.3) is 11.4 Å². The molecule has 1 aliphatic rings. The second kappa shape index (κ2) is 9.09. The van der Waals surface area contributed by atoms with Gasteiger partial charge in [-0.25, -0.2) is 8.42 Å². The van der Waals surface area contributed by atoms with Crippen LogP contribution in [-0.4, -0.2) is 49.0 Å². The van der Waals surface area contributed by atoms with E-state index < -0.39 is 10.0 Å². The standard InChI is InChI=1S/C22H24N4O5S/c1-15(27)23-18-7-11-20(12-8-18)32(28,29)26-13-3-4-17(14-26)22-24-21(25-31-22)16-5-9-19(30-2)10-6-16/h5-12,17H,3-4,13-14H2,1-2H3,(H,23,27)/t17-/m0/s1. The van der Waals surface area contributed by atoms with Gasteiger partial charge in [-0.15, -0.1) is 0 Å². The molecule has 0 bridgehead atoms. The third-order valence-electron chi connectivity index (χ3n) is 5.34. The molecular weight excluding hydrogens is 432 g/mol. The maximum Gasteiger partial charge on any atom is 0.243 e. The van der Waals surface area contributed by atoms with E-state index in [0.717, 1.165) is 17.7 Å². The van der Waals surface area contributed by atoms with Gasteiger partial charge in [0.25, 0.3) is 0 Å². The Hall–Kier alpha value is -3.24. The summed E-state index contributed by atoms with van der Waals surface area (Å²) in [4.78, 5) is 15.9. The molecule has 1 fully saturated rings. The van der Waals surface area contributed by atoms with Gasteiger partial charge in [-0.05, 0) is 61.4 Å². The van der Waals surface area contributed by atoms with Gasteiger partial charge in [0.15, 0.2) is 0 Å². The highest BCUT2D eigenvalue weighted by molar-refractivity contribution is 7.89. The van der Waals surface area contributed by atoms with Crippen molar-refractivity contribution in [2.24, 2.45) is 0 Å². The van der Waals surface area contributed by atoms with Crippen molar-refractivity contribution in [1.82, 2.24) is 14.4 Å². The lowest BCUT2D eigenvalue weighted by Gasteiger charge is -2.30. The van der Waals surface area contributed by atoms with Gasteiger partial charge in [0.05, 0.1) is 17.9 Å². The van der Waals surface area contributed by atoms with Crippen LogP contribution < -0.4 is 10.1 Å². The third kappa shape index (κ3) is 4.66. The fourth-order valence-electron chi connectivity index (χ4n) is 3.68. The molecular formula is C22H24N4O5S. The number of piperidine rings is 1. The monoisotopic (exact) mass is 456 g/mol. The number of benzene rings is 2. The highest BCUT2D eigenvalue weighted by Gasteiger charge is 2.33. The predicted molar refractivity (Wildman–Crippen MR) is 118 cm³/mol. The zero-order valence-electron chi connectivity index (χ0n) is 17.8. The lowest BCUT2D eigenvalue weighted by Crippen LogP contribution is -2.39. The Balaban J connectivity index is 1.49. The fourth-order valence-corrected chi connectivity index (χ4v) is 5.21. The minimum absolute atomic E-state index is 0.178. The van der Waals surface area contributed by atoms with E-state index in [1.54, 1.807) is 19.2 Å². The topological polar surface area (TPSA) is 115 Å². The van der Waals surface area contributed by atoms with Crippen molar-refractivity contribution in [1.29, 1.82) is 0 Å². The summed E-state index contributed by atoms with van der Waals surface area (Å²) < 4.78 is 38.4. The van der Waals surface area contributed by atoms with E-state index in [-0.39, 0.29) is 23.3 Å². The zero-order chi connectivity index (χ0) is 22.7. The van der Waals surface area contributed by atoms with Crippen molar-refractivity contribution in [2.75, 3.05) is 25.5 Å². The first kappa shape index (κ1) is 22.0. The second-order valence-corrected chi connectivity index (χ2v) is 9.53. The number of methoxy groups -OCH3 is 1. The average Bonchev–Trinajstić information content (AvgIpc) is 3.30. The molecule has 0 aliphatic carbocycles. The maximum atomic E-state index is 13.1. The minimum Gasteiger partial charge on any atom is -0.497 e. The van der Waals surface area contributed by atoms with Gasteiger partial charge < -0.3 is 14.6 Å². The Kier molecular flexibility index (Phi) is 6.24. The molecule has 168 valence electrons. The van der Waals surface area contributed by atoms with Crippen molar-refractivity contribution in [2.45, 2.75) is 30.6 Å². The number of hydrogen-bond acceptors (Lipinski definition) is 7. The molecule has 10 heteroatoms. The van der Waals surface area contributed by atoms with Crippen LogP contribution >= 0.6 is 0 Å². The Morgan fingerprint density at radius 3 is 2.53 bits per heavy atom. The van der Waals surface area contributed by atoms with Crippen molar-refractivity contribution in [3.8, 4) is 17.1 Å². The van der Waals surface area contributed by atoms with E-state index in [1.807, 2.05) is 24.3 Å². The number of amides is 1. The number of rotatable bonds is 6. The first-order chi connectivity index (χ1) is 15.4. The van der Waals surface area contributed by atoms with Crippen LogP contribution in [0, 0.1) is 0 Å². The van der Waals surface area contributed by atoms with E-state index in [0.29, 0.717) is 30.4 Å². The van der Waals surface area contributed by atoms with Gasteiger partial charge in [0.2, 0.25) is 27.6 Å². The van der Waals surface area contributed by atoms with Gasteiger partial charge >= 0.3 is 0 Å². The molecule has 32 heavy (non-hydrogen) atoms. The number of carbonyl (C=O) groups is 1. The molecule has 1 aromatic heterocycles. The summed E-state index contributed by atoms with van der Waals surface area (Å²) in [7, 11) is -2.09. The number of ether oxygens (including phenoxy) is 1. The van der Waals surface area contributed by atoms with Crippen LogP contribution in [0.1, 0.15) is 31.6 Å². The largest absolute Gasteiger partial charge is 0.497 e. The number of carbonyl (C=O) groups excluding carboxylic acids is 1. The number of nitrogens with zero attached hydrogens (tertiary/aromatic N) is 3. The van der Waals surface area contributed by atoms with E-state index in [4.69, 9.17) is 9.26 Å². The summed E-state index contributed by atoms with van der Waals surface area (Å²) in [6, 6.07) is 13.5. The molecule has 0 saturated carbocycles. The smallest absolute Gasteiger partial charge is 0.243 e. The Morgan fingerprint density at radius 2 is 1.88 bits per heavy atom. The molecule has 2 aromatic carbocycles. The predicted octanol–water partition coefficient (Wildman–Crippen LogP) is 3.27. The molecule has 3 aromatic rings. The first-order valence-electron chi connectivity index (χ1n) is 10.2. The normalized spacial score (nSPS) is 17.1. The molecule has 1 amide bonds. The number of sulfonamides is 1. The average molecular weight is 457 g/mol. The summed E-state index contributed by atoms with van der Waals surface area (Å²) >= 11 is 0. The van der Waals surface area contributed by atoms with E-state index >= 15 is 0 Å². The van der Waals surface area contributed by atoms with Crippen LogP contribution in [-0.2, 0) is 14.8 Å². The number of aromatic nitrogens is 2. The molecule has 1 N–H and O–H groups in total. The third-order valence-corrected chi connectivity index (χ3v) is 7.22. The van der Waals surface area contributed by atoms with Gasteiger partial charge in [0.1, 0.15) is 5.75 Å². The molecule has 1 aliphatic heterocycles. The molecule has 1 saturated heterocycles. The molecule has 0 spiro atoms. The van der Waals surface area contributed by atoms with Crippen molar-refractivity contribution >= 4 is 21.6 Å². The van der Waals surface area contributed by atoms with Crippen LogP contribution in [0.15, 0.2) is 57.9 Å². The summed E-state index contributed by atoms with van der Waals surface area (Å²) in [6.07, 6.45) is 1.45. The quantitative estimate of drug-likeness (QED) is 0.605. The van der Waals surface area contributed by atoms with Crippen LogP contribution in [0.4, 0.5) is 5.69 Å². The highest BCUT2D eigenvalue weighted by Crippen LogP contribution is 2.31. The van der Waals surface area contributed by atoms with Gasteiger partial charge in [-0.1, -0.05) is 5.16 Å². The SMILES string of the molecule is COc1ccc(-c2noc([C@H]3CCCN(S(=O)(=O)c4ccc(NC(C)=O)cc4)C3)n2)cc1. The second-order valence-electron chi connectivity index (χ2n) is 7.59. The molecule has 0 unspecified atom stereocenters. The van der Waals surface area contributed by atoms with E-state index in [2.05, 4.69) is 15.5 Å². The van der Waals surface area contributed by atoms with Gasteiger partial charge in [-0.2, -0.15) is 9.29 Å². The van der Waals surface area contributed by atoms with Crippen LogP contribution in [0.2, 0.25) is 0 Å². The maximum absolute atomic E-state index is 13.1. The first-order valence-corrected chi connectivity index (χ1v) is 11.7. The van der Waals surface area contributed by atoms with Crippen molar-refractivity contribution in [3.05, 3.63) is 54.4 Å². The number of anilines is 1. The Labute approximate surface area is 186 Å². The van der Waals surface area contributed by atoms with Crippen LogP contribution in [0.3, 0.4) is 0 Å². The van der Waals surface area contributed by atoms with Crippen molar-refractivity contribution in [3.63, 3.8) is 0 Å². The Morgan fingerprint density at radius 1 is 1.16 bits per heavy atom. The highest BCUT2D eigenvalue weighted by atomic mass is 32.2. The van der Waals surface area contributed by atoms with E-state index in [1.165, 1.54) is 23.4 Å².